The summed E-state index contributed by atoms with van der Waals surface area (Å²) >= 11 is 5.96. The average molecular weight is 345 g/mol. The Labute approximate surface area is 147 Å². The number of Topliss-reactive ketones (excluding diaryl/α,β-unsaturated/α-hetero) is 1. The number of halogens is 1. The van der Waals surface area contributed by atoms with Crippen LogP contribution < -0.4 is 5.32 Å². The summed E-state index contributed by atoms with van der Waals surface area (Å²) in [6, 6.07) is 6.64. The van der Waals surface area contributed by atoms with Crippen molar-refractivity contribution < 1.29 is 9.59 Å². The van der Waals surface area contributed by atoms with Gasteiger partial charge in [-0.1, -0.05) is 43.7 Å². The molecule has 24 heavy (non-hydrogen) atoms. The Morgan fingerprint density at radius 3 is 2.58 bits per heavy atom. The number of hydrogen-bond donors (Lipinski definition) is 1. The molecule has 1 atom stereocenters. The molecule has 0 fully saturated rings. The van der Waals surface area contributed by atoms with Gasteiger partial charge in [0.05, 0.1) is 6.04 Å². The molecule has 1 aromatic carbocycles. The van der Waals surface area contributed by atoms with Crippen molar-refractivity contribution >= 4 is 23.4 Å². The van der Waals surface area contributed by atoms with Crippen molar-refractivity contribution in [2.45, 2.75) is 32.7 Å². The topological polar surface area (TPSA) is 49.4 Å². The summed E-state index contributed by atoms with van der Waals surface area (Å²) in [5.74, 6) is 0.0928. The standard InChI is InChI=1S/C19H21ClN2O2/c1-4-9-22-14-10-19(2,3)11-15(23)16(14)17(21-18(22)24)12-5-7-13(20)8-6-12/h4-8,17H,1,9-11H2,2-3H3,(H,21,24). The molecule has 1 unspecified atom stereocenters. The lowest BCUT2D eigenvalue weighted by Crippen LogP contribution is -2.51. The molecule has 0 radical (unpaired) electrons. The number of amides is 2. The molecule has 2 amide bonds. The Balaban J connectivity index is 2.13. The van der Waals surface area contributed by atoms with E-state index in [4.69, 9.17) is 11.6 Å². The molecule has 3 rings (SSSR count). The zero-order valence-electron chi connectivity index (χ0n) is 13.9. The Morgan fingerprint density at radius 1 is 1.29 bits per heavy atom. The van der Waals surface area contributed by atoms with E-state index in [-0.39, 0.29) is 17.2 Å². The maximum atomic E-state index is 12.9. The van der Waals surface area contributed by atoms with Crippen molar-refractivity contribution in [3.05, 3.63) is 58.8 Å². The van der Waals surface area contributed by atoms with Crippen LogP contribution in [-0.2, 0) is 4.79 Å². The number of rotatable bonds is 3. The number of urea groups is 1. The quantitative estimate of drug-likeness (QED) is 0.834. The summed E-state index contributed by atoms with van der Waals surface area (Å²) in [6.45, 7) is 8.24. The molecule has 5 heteroatoms. The van der Waals surface area contributed by atoms with Gasteiger partial charge >= 0.3 is 6.03 Å². The maximum Gasteiger partial charge on any atom is 0.322 e. The normalized spacial score (nSPS) is 23.0. The van der Waals surface area contributed by atoms with Crippen molar-refractivity contribution in [2.24, 2.45) is 5.41 Å². The third-order valence-corrected chi connectivity index (χ3v) is 4.79. The van der Waals surface area contributed by atoms with Crippen LogP contribution >= 0.6 is 11.6 Å². The van der Waals surface area contributed by atoms with Crippen molar-refractivity contribution in [1.82, 2.24) is 10.2 Å². The Kier molecular flexibility index (Phi) is 4.26. The van der Waals surface area contributed by atoms with Gasteiger partial charge in [-0.05, 0) is 29.5 Å². The molecule has 1 aliphatic heterocycles. The van der Waals surface area contributed by atoms with Crippen LogP contribution in [0, 0.1) is 5.41 Å². The molecular weight excluding hydrogens is 324 g/mol. The molecule has 126 valence electrons. The van der Waals surface area contributed by atoms with Crippen LogP contribution in [0.2, 0.25) is 5.02 Å². The molecule has 0 bridgehead atoms. The van der Waals surface area contributed by atoms with Crippen molar-refractivity contribution in [3.63, 3.8) is 0 Å². The van der Waals surface area contributed by atoms with E-state index in [1.165, 1.54) is 0 Å². The van der Waals surface area contributed by atoms with Gasteiger partial charge in [0, 0.05) is 29.3 Å². The fourth-order valence-corrected chi connectivity index (χ4v) is 3.62. The van der Waals surface area contributed by atoms with Gasteiger partial charge in [-0.3, -0.25) is 9.69 Å². The van der Waals surface area contributed by atoms with E-state index in [0.717, 1.165) is 11.3 Å². The summed E-state index contributed by atoms with van der Waals surface area (Å²) in [7, 11) is 0. The van der Waals surface area contributed by atoms with Crippen LogP contribution in [0.4, 0.5) is 4.79 Å². The molecule has 4 nitrogen and oxygen atoms in total. The second-order valence-electron chi connectivity index (χ2n) is 7.13. The van der Waals surface area contributed by atoms with Crippen LogP contribution in [0.1, 0.15) is 38.3 Å². The van der Waals surface area contributed by atoms with E-state index >= 15 is 0 Å². The maximum absolute atomic E-state index is 12.9. The van der Waals surface area contributed by atoms with Gasteiger partial charge in [0.1, 0.15) is 0 Å². The van der Waals surface area contributed by atoms with Crippen molar-refractivity contribution in [2.75, 3.05) is 6.54 Å². The Hall–Kier alpha value is -2.07. The molecule has 0 aromatic heterocycles. The Morgan fingerprint density at radius 2 is 1.96 bits per heavy atom. The number of ketones is 1. The van der Waals surface area contributed by atoms with Gasteiger partial charge in [-0.2, -0.15) is 0 Å². The summed E-state index contributed by atoms with van der Waals surface area (Å²) < 4.78 is 0. The second-order valence-corrected chi connectivity index (χ2v) is 7.57. The number of benzene rings is 1. The van der Waals surface area contributed by atoms with Gasteiger partial charge in [0.2, 0.25) is 0 Å². The minimum Gasteiger partial charge on any atom is -0.327 e. The molecule has 0 spiro atoms. The third-order valence-electron chi connectivity index (χ3n) is 4.54. The smallest absolute Gasteiger partial charge is 0.322 e. The van der Waals surface area contributed by atoms with E-state index in [9.17, 15) is 9.59 Å². The first-order valence-electron chi connectivity index (χ1n) is 8.03. The van der Waals surface area contributed by atoms with E-state index < -0.39 is 6.04 Å². The van der Waals surface area contributed by atoms with E-state index in [2.05, 4.69) is 25.7 Å². The first-order chi connectivity index (χ1) is 11.3. The summed E-state index contributed by atoms with van der Waals surface area (Å²) in [5.41, 5.74) is 2.22. The highest BCUT2D eigenvalue weighted by Gasteiger charge is 2.43. The lowest BCUT2D eigenvalue weighted by atomic mass is 9.72. The molecular formula is C19H21ClN2O2. The minimum atomic E-state index is -0.422. The monoisotopic (exact) mass is 344 g/mol. The first-order valence-corrected chi connectivity index (χ1v) is 8.41. The number of carbonyl (C=O) groups is 2. The molecule has 1 heterocycles. The first kappa shape index (κ1) is 16.8. The third kappa shape index (κ3) is 2.98. The fourth-order valence-electron chi connectivity index (χ4n) is 3.49. The summed E-state index contributed by atoms with van der Waals surface area (Å²) in [6.07, 6.45) is 2.85. The predicted octanol–water partition coefficient (Wildman–Crippen LogP) is 4.24. The molecule has 2 aliphatic rings. The van der Waals surface area contributed by atoms with Gasteiger partial charge in [-0.15, -0.1) is 6.58 Å². The average Bonchev–Trinajstić information content (AvgIpc) is 2.49. The minimum absolute atomic E-state index is 0.0928. The highest BCUT2D eigenvalue weighted by Crippen LogP contribution is 2.44. The lowest BCUT2D eigenvalue weighted by molar-refractivity contribution is -0.118. The molecule has 0 saturated carbocycles. The number of allylic oxidation sites excluding steroid dienone is 1. The van der Waals surface area contributed by atoms with Crippen LogP contribution in [0.3, 0.4) is 0 Å². The molecule has 0 saturated heterocycles. The Bertz CT molecular complexity index is 734. The zero-order valence-corrected chi connectivity index (χ0v) is 14.7. The van der Waals surface area contributed by atoms with Crippen LogP contribution in [-0.4, -0.2) is 23.3 Å². The summed E-state index contributed by atoms with van der Waals surface area (Å²) in [5, 5.41) is 3.59. The van der Waals surface area contributed by atoms with Gasteiger partial charge in [0.25, 0.3) is 0 Å². The van der Waals surface area contributed by atoms with E-state index in [1.807, 2.05) is 12.1 Å². The van der Waals surface area contributed by atoms with Gasteiger partial charge in [0.15, 0.2) is 5.78 Å². The number of nitrogens with zero attached hydrogens (tertiary/aromatic N) is 1. The predicted molar refractivity (Wildman–Crippen MR) is 94.7 cm³/mol. The van der Waals surface area contributed by atoms with Gasteiger partial charge < -0.3 is 5.32 Å². The largest absolute Gasteiger partial charge is 0.327 e. The second kappa shape index (κ2) is 6.10. The molecule has 1 N–H and O–H groups in total. The van der Waals surface area contributed by atoms with Crippen LogP contribution in [0.25, 0.3) is 0 Å². The number of carbonyl (C=O) groups excluding carboxylic acids is 2. The number of hydrogen-bond acceptors (Lipinski definition) is 2. The molecule has 1 aliphatic carbocycles. The van der Waals surface area contributed by atoms with Crippen LogP contribution in [0.15, 0.2) is 48.2 Å². The van der Waals surface area contributed by atoms with Crippen molar-refractivity contribution in [1.29, 1.82) is 0 Å². The van der Waals surface area contributed by atoms with Crippen molar-refractivity contribution in [3.8, 4) is 0 Å². The lowest BCUT2D eigenvalue weighted by Gasteiger charge is -2.43. The zero-order chi connectivity index (χ0) is 17.5. The highest BCUT2D eigenvalue weighted by atomic mass is 35.5. The number of nitrogens with one attached hydrogen (secondary N) is 1. The van der Waals surface area contributed by atoms with E-state index in [0.29, 0.717) is 30.0 Å². The molecule has 1 aromatic rings. The SMILES string of the molecule is C=CCN1C(=O)NC(c2ccc(Cl)cc2)C2=C1CC(C)(C)CC2=O. The van der Waals surface area contributed by atoms with E-state index in [1.54, 1.807) is 23.1 Å². The van der Waals surface area contributed by atoms with Crippen LogP contribution in [0.5, 0.6) is 0 Å². The fraction of sp³-hybridized carbons (Fsp3) is 0.368. The summed E-state index contributed by atoms with van der Waals surface area (Å²) in [4.78, 5) is 27.1. The highest BCUT2D eigenvalue weighted by molar-refractivity contribution is 6.30. The van der Waals surface area contributed by atoms with Gasteiger partial charge in [-0.25, -0.2) is 4.79 Å².